The van der Waals surface area contributed by atoms with Crippen LogP contribution in [-0.2, 0) is 4.79 Å². The monoisotopic (exact) mass is 253 g/mol. The van der Waals surface area contributed by atoms with Crippen molar-refractivity contribution in [1.82, 2.24) is 15.5 Å². The molecule has 1 amide bonds. The van der Waals surface area contributed by atoms with Crippen molar-refractivity contribution in [3.05, 3.63) is 0 Å². The molecule has 0 bridgehead atoms. The van der Waals surface area contributed by atoms with Crippen molar-refractivity contribution in [3.63, 3.8) is 0 Å². The lowest BCUT2D eigenvalue weighted by Crippen LogP contribution is -2.47. The molecule has 3 atom stereocenters. The molecule has 0 aromatic rings. The minimum Gasteiger partial charge on any atom is -0.350 e. The van der Waals surface area contributed by atoms with Gasteiger partial charge in [-0.2, -0.15) is 0 Å². The quantitative estimate of drug-likeness (QED) is 0.783. The van der Waals surface area contributed by atoms with Crippen LogP contribution in [0.5, 0.6) is 0 Å². The highest BCUT2D eigenvalue weighted by molar-refractivity contribution is 5.78. The summed E-state index contributed by atoms with van der Waals surface area (Å²) in [6.07, 6.45) is 1.14. The van der Waals surface area contributed by atoms with E-state index in [0.29, 0.717) is 12.6 Å². The van der Waals surface area contributed by atoms with Crippen molar-refractivity contribution in [1.29, 1.82) is 0 Å². The molecule has 2 aliphatic heterocycles. The van der Waals surface area contributed by atoms with Crippen molar-refractivity contribution in [2.75, 3.05) is 26.2 Å². The second kappa shape index (κ2) is 5.17. The van der Waals surface area contributed by atoms with Crippen molar-refractivity contribution >= 4 is 5.91 Å². The van der Waals surface area contributed by atoms with Crippen molar-refractivity contribution in [2.45, 2.75) is 45.7 Å². The summed E-state index contributed by atoms with van der Waals surface area (Å²) >= 11 is 0. The third kappa shape index (κ3) is 3.04. The Morgan fingerprint density at radius 3 is 2.72 bits per heavy atom. The smallest absolute Gasteiger partial charge is 0.234 e. The van der Waals surface area contributed by atoms with Crippen molar-refractivity contribution in [3.8, 4) is 0 Å². The molecule has 2 saturated heterocycles. The minimum absolute atomic E-state index is 0.129. The Bertz CT molecular complexity index is 311. The van der Waals surface area contributed by atoms with Gasteiger partial charge in [0.1, 0.15) is 0 Å². The van der Waals surface area contributed by atoms with Crippen molar-refractivity contribution < 1.29 is 4.79 Å². The van der Waals surface area contributed by atoms with E-state index in [4.69, 9.17) is 0 Å². The Hall–Kier alpha value is -0.610. The molecule has 2 heterocycles. The lowest BCUT2D eigenvalue weighted by molar-refractivity contribution is -0.124. The third-order valence-corrected chi connectivity index (χ3v) is 4.10. The second-order valence-electron chi connectivity index (χ2n) is 6.79. The Balaban J connectivity index is 1.91. The summed E-state index contributed by atoms with van der Waals surface area (Å²) in [6.45, 7) is 12.2. The number of rotatable bonds is 3. The van der Waals surface area contributed by atoms with Crippen molar-refractivity contribution in [2.24, 2.45) is 11.8 Å². The summed E-state index contributed by atoms with van der Waals surface area (Å²) in [7, 11) is 0. The van der Waals surface area contributed by atoms with Crippen LogP contribution in [0.25, 0.3) is 0 Å². The molecule has 2 rings (SSSR count). The molecule has 18 heavy (non-hydrogen) atoms. The molecular formula is C14H27N3O. The normalized spacial score (nSPS) is 32.6. The molecular weight excluding hydrogens is 226 g/mol. The van der Waals surface area contributed by atoms with Gasteiger partial charge in [0.15, 0.2) is 0 Å². The summed E-state index contributed by atoms with van der Waals surface area (Å²) in [5.41, 5.74) is -0.129. The first-order valence-corrected chi connectivity index (χ1v) is 7.16. The van der Waals surface area contributed by atoms with Gasteiger partial charge in [-0.15, -0.1) is 0 Å². The number of carbonyl (C=O) groups is 1. The van der Waals surface area contributed by atoms with Gasteiger partial charge in [0.2, 0.25) is 5.91 Å². The molecule has 0 aromatic heterocycles. The number of amides is 1. The summed E-state index contributed by atoms with van der Waals surface area (Å²) < 4.78 is 0. The van der Waals surface area contributed by atoms with Crippen LogP contribution in [0.4, 0.5) is 0 Å². The van der Waals surface area contributed by atoms with Gasteiger partial charge in [0.25, 0.3) is 0 Å². The molecule has 4 nitrogen and oxygen atoms in total. The van der Waals surface area contributed by atoms with Crippen LogP contribution >= 0.6 is 0 Å². The number of fused-ring (bicyclic) bond motifs is 1. The Morgan fingerprint density at radius 2 is 2.11 bits per heavy atom. The lowest BCUT2D eigenvalue weighted by atomic mass is 9.93. The zero-order chi connectivity index (χ0) is 13.3. The first-order chi connectivity index (χ1) is 8.40. The number of likely N-dealkylation sites (tertiary alicyclic amines) is 1. The summed E-state index contributed by atoms with van der Waals surface area (Å²) in [5.74, 6) is 1.66. The SMILES string of the molecule is CCC1C2CNCC2CN1CC(=O)NC(C)(C)C. The van der Waals surface area contributed by atoms with Gasteiger partial charge >= 0.3 is 0 Å². The van der Waals surface area contributed by atoms with Gasteiger partial charge in [-0.05, 0) is 52.1 Å². The zero-order valence-corrected chi connectivity index (χ0v) is 12.1. The van der Waals surface area contributed by atoms with Gasteiger partial charge in [0, 0.05) is 18.1 Å². The maximum absolute atomic E-state index is 12.0. The van der Waals surface area contributed by atoms with Crippen LogP contribution in [0, 0.1) is 11.8 Å². The fourth-order valence-corrected chi connectivity index (χ4v) is 3.50. The van der Waals surface area contributed by atoms with Crippen LogP contribution in [0.3, 0.4) is 0 Å². The second-order valence-corrected chi connectivity index (χ2v) is 6.79. The first-order valence-electron chi connectivity index (χ1n) is 7.16. The average Bonchev–Trinajstić information content (AvgIpc) is 2.73. The Kier molecular flexibility index (Phi) is 3.97. The number of hydrogen-bond donors (Lipinski definition) is 2. The number of hydrogen-bond acceptors (Lipinski definition) is 3. The van der Waals surface area contributed by atoms with Gasteiger partial charge in [-0.25, -0.2) is 0 Å². The summed E-state index contributed by atoms with van der Waals surface area (Å²) in [6, 6.07) is 0.579. The molecule has 4 heteroatoms. The molecule has 0 spiro atoms. The molecule has 2 fully saturated rings. The molecule has 104 valence electrons. The van der Waals surface area contributed by atoms with Gasteiger partial charge in [-0.1, -0.05) is 6.92 Å². The summed E-state index contributed by atoms with van der Waals surface area (Å²) in [5, 5.41) is 6.53. The summed E-state index contributed by atoms with van der Waals surface area (Å²) in [4.78, 5) is 14.4. The van der Waals surface area contributed by atoms with E-state index < -0.39 is 0 Å². The predicted octanol–water partition coefficient (Wildman–Crippen LogP) is 0.831. The maximum atomic E-state index is 12.0. The van der Waals surface area contributed by atoms with Crippen LogP contribution in [0.1, 0.15) is 34.1 Å². The zero-order valence-electron chi connectivity index (χ0n) is 12.1. The van der Waals surface area contributed by atoms with E-state index >= 15 is 0 Å². The van der Waals surface area contributed by atoms with Crippen LogP contribution < -0.4 is 10.6 Å². The predicted molar refractivity (Wildman–Crippen MR) is 73.4 cm³/mol. The number of nitrogens with one attached hydrogen (secondary N) is 2. The van der Waals surface area contributed by atoms with E-state index in [2.05, 4.69) is 22.5 Å². The Labute approximate surface area is 110 Å². The van der Waals surface area contributed by atoms with Crippen LogP contribution in [0.15, 0.2) is 0 Å². The van der Waals surface area contributed by atoms with E-state index in [9.17, 15) is 4.79 Å². The van der Waals surface area contributed by atoms with Gasteiger partial charge in [-0.3, -0.25) is 9.69 Å². The van der Waals surface area contributed by atoms with E-state index in [-0.39, 0.29) is 11.4 Å². The third-order valence-electron chi connectivity index (χ3n) is 4.10. The van der Waals surface area contributed by atoms with Crippen LogP contribution in [-0.4, -0.2) is 48.6 Å². The van der Waals surface area contributed by atoms with Crippen LogP contribution in [0.2, 0.25) is 0 Å². The molecule has 2 N–H and O–H groups in total. The first kappa shape index (κ1) is 13.8. The number of nitrogens with zero attached hydrogens (tertiary/aromatic N) is 1. The van der Waals surface area contributed by atoms with E-state index in [1.165, 1.54) is 0 Å². The fourth-order valence-electron chi connectivity index (χ4n) is 3.50. The van der Waals surface area contributed by atoms with E-state index in [1.54, 1.807) is 0 Å². The molecule has 2 aliphatic rings. The molecule has 3 unspecified atom stereocenters. The number of carbonyl (C=O) groups excluding carboxylic acids is 1. The van der Waals surface area contributed by atoms with E-state index in [1.807, 2.05) is 20.8 Å². The molecule has 0 aromatic carbocycles. The standard InChI is InChI=1S/C14H27N3O/c1-5-12-11-7-15-6-10(11)8-17(12)9-13(18)16-14(2,3)4/h10-12,15H,5-9H2,1-4H3,(H,16,18). The average molecular weight is 253 g/mol. The lowest BCUT2D eigenvalue weighted by Gasteiger charge is -2.28. The largest absolute Gasteiger partial charge is 0.350 e. The molecule has 0 aliphatic carbocycles. The highest BCUT2D eigenvalue weighted by Gasteiger charge is 2.43. The fraction of sp³-hybridized carbons (Fsp3) is 0.929. The molecule has 0 radical (unpaired) electrons. The topological polar surface area (TPSA) is 44.4 Å². The Morgan fingerprint density at radius 1 is 1.39 bits per heavy atom. The van der Waals surface area contributed by atoms with Gasteiger partial charge < -0.3 is 10.6 Å². The van der Waals surface area contributed by atoms with Gasteiger partial charge in [0.05, 0.1) is 6.54 Å². The minimum atomic E-state index is -0.129. The maximum Gasteiger partial charge on any atom is 0.234 e. The molecule has 0 saturated carbocycles. The van der Waals surface area contributed by atoms with E-state index in [0.717, 1.165) is 37.9 Å². The highest BCUT2D eigenvalue weighted by atomic mass is 16.2. The highest BCUT2D eigenvalue weighted by Crippen LogP contribution is 2.33.